The standard InChI is InChI=1S/C15H19ClN4O/c1-10-2-3-18-15(14(10)16)19-12-6-11(7-13(12)21)8-20-5-4-17-9-20/h2-5,9,11-13,21H,6-8H2,1H3,(H,18,19)/t11?,12-,13-/m1/s1. The van der Waals surface area contributed by atoms with Crippen molar-refractivity contribution in [2.45, 2.75) is 38.5 Å². The molecule has 1 aliphatic carbocycles. The number of aliphatic hydroxyl groups excluding tert-OH is 1. The molecule has 5 nitrogen and oxygen atoms in total. The van der Waals surface area contributed by atoms with Crippen molar-refractivity contribution in [1.82, 2.24) is 14.5 Å². The van der Waals surface area contributed by atoms with Crippen molar-refractivity contribution in [1.29, 1.82) is 0 Å². The predicted molar refractivity (Wildman–Crippen MR) is 82.4 cm³/mol. The van der Waals surface area contributed by atoms with Gasteiger partial charge in [-0.15, -0.1) is 0 Å². The highest BCUT2D eigenvalue weighted by molar-refractivity contribution is 6.33. The number of imidazole rings is 1. The van der Waals surface area contributed by atoms with Crippen LogP contribution in [-0.4, -0.2) is 31.8 Å². The van der Waals surface area contributed by atoms with Gasteiger partial charge in [0.05, 0.1) is 23.5 Å². The zero-order valence-electron chi connectivity index (χ0n) is 11.9. The molecule has 0 spiro atoms. The molecule has 2 aromatic rings. The number of halogens is 1. The second kappa shape index (κ2) is 6.03. The van der Waals surface area contributed by atoms with Crippen molar-refractivity contribution in [3.8, 4) is 0 Å². The average molecular weight is 307 g/mol. The molecule has 2 N–H and O–H groups in total. The summed E-state index contributed by atoms with van der Waals surface area (Å²) in [5.74, 6) is 1.08. The second-order valence-electron chi connectivity index (χ2n) is 5.71. The lowest BCUT2D eigenvalue weighted by Gasteiger charge is -2.18. The third kappa shape index (κ3) is 3.19. The Hall–Kier alpha value is -1.59. The first-order valence-electron chi connectivity index (χ1n) is 7.15. The van der Waals surface area contributed by atoms with Crippen LogP contribution in [-0.2, 0) is 6.54 Å². The Morgan fingerprint density at radius 3 is 3.05 bits per heavy atom. The number of anilines is 1. The second-order valence-corrected chi connectivity index (χ2v) is 6.08. The lowest BCUT2D eigenvalue weighted by atomic mass is 10.1. The Kier molecular flexibility index (Phi) is 4.12. The number of nitrogens with zero attached hydrogens (tertiary/aromatic N) is 3. The fourth-order valence-electron chi connectivity index (χ4n) is 2.93. The molecule has 0 amide bonds. The maximum Gasteiger partial charge on any atom is 0.145 e. The molecule has 112 valence electrons. The van der Waals surface area contributed by atoms with Gasteiger partial charge in [-0.3, -0.25) is 0 Å². The molecule has 1 aliphatic rings. The third-order valence-electron chi connectivity index (χ3n) is 4.06. The van der Waals surface area contributed by atoms with E-state index in [2.05, 4.69) is 19.9 Å². The number of aromatic nitrogens is 3. The van der Waals surface area contributed by atoms with Crippen molar-refractivity contribution in [2.24, 2.45) is 5.92 Å². The normalized spacial score (nSPS) is 25.2. The van der Waals surface area contributed by atoms with Crippen molar-refractivity contribution in [2.75, 3.05) is 5.32 Å². The first-order valence-corrected chi connectivity index (χ1v) is 7.52. The summed E-state index contributed by atoms with van der Waals surface area (Å²) in [7, 11) is 0. The molecule has 3 atom stereocenters. The van der Waals surface area contributed by atoms with Crippen LogP contribution >= 0.6 is 11.6 Å². The first kappa shape index (κ1) is 14.4. The van der Waals surface area contributed by atoms with Crippen LogP contribution in [0.25, 0.3) is 0 Å². The van der Waals surface area contributed by atoms with Gasteiger partial charge in [-0.2, -0.15) is 0 Å². The van der Waals surface area contributed by atoms with Gasteiger partial charge in [0.2, 0.25) is 0 Å². The summed E-state index contributed by atoms with van der Waals surface area (Å²) in [6, 6.07) is 1.87. The van der Waals surface area contributed by atoms with E-state index in [4.69, 9.17) is 11.6 Å². The fourth-order valence-corrected chi connectivity index (χ4v) is 3.10. The maximum atomic E-state index is 10.3. The Balaban J connectivity index is 1.65. The number of hydrogen-bond acceptors (Lipinski definition) is 4. The number of aliphatic hydroxyl groups is 1. The SMILES string of the molecule is Cc1ccnc(N[C@@H]2CC(Cn3ccnc3)C[C@H]2O)c1Cl. The Bertz CT molecular complexity index is 602. The molecule has 0 bridgehead atoms. The number of pyridine rings is 1. The van der Waals surface area contributed by atoms with E-state index < -0.39 is 0 Å². The highest BCUT2D eigenvalue weighted by Gasteiger charge is 2.33. The van der Waals surface area contributed by atoms with E-state index in [1.54, 1.807) is 12.4 Å². The topological polar surface area (TPSA) is 63.0 Å². The van der Waals surface area contributed by atoms with Crippen molar-refractivity contribution in [3.05, 3.63) is 41.6 Å². The minimum Gasteiger partial charge on any atom is -0.391 e. The Morgan fingerprint density at radius 1 is 1.43 bits per heavy atom. The third-order valence-corrected chi connectivity index (χ3v) is 4.54. The largest absolute Gasteiger partial charge is 0.391 e. The van der Waals surface area contributed by atoms with Crippen molar-refractivity contribution >= 4 is 17.4 Å². The van der Waals surface area contributed by atoms with E-state index in [0.717, 1.165) is 24.9 Å². The summed E-state index contributed by atoms with van der Waals surface area (Å²) < 4.78 is 2.05. The molecule has 6 heteroatoms. The van der Waals surface area contributed by atoms with Crippen molar-refractivity contribution in [3.63, 3.8) is 0 Å². The summed E-state index contributed by atoms with van der Waals surface area (Å²) in [5, 5.41) is 14.2. The Labute approximate surface area is 129 Å². The Morgan fingerprint density at radius 2 is 2.29 bits per heavy atom. The van der Waals surface area contributed by atoms with Gasteiger partial charge in [-0.1, -0.05) is 11.6 Å². The molecule has 0 aromatic carbocycles. The molecule has 2 aromatic heterocycles. The summed E-state index contributed by atoms with van der Waals surface area (Å²) in [6.45, 7) is 2.83. The van der Waals surface area contributed by atoms with E-state index in [0.29, 0.717) is 16.8 Å². The molecule has 21 heavy (non-hydrogen) atoms. The minimum absolute atomic E-state index is 0.00896. The zero-order valence-corrected chi connectivity index (χ0v) is 12.7. The maximum absolute atomic E-state index is 10.3. The lowest BCUT2D eigenvalue weighted by molar-refractivity contribution is 0.166. The summed E-state index contributed by atoms with van der Waals surface area (Å²) >= 11 is 6.25. The van der Waals surface area contributed by atoms with Crippen molar-refractivity contribution < 1.29 is 5.11 Å². The lowest BCUT2D eigenvalue weighted by Crippen LogP contribution is -2.28. The van der Waals surface area contributed by atoms with Crippen LogP contribution < -0.4 is 5.32 Å². The molecule has 1 saturated carbocycles. The molecular formula is C15H19ClN4O. The summed E-state index contributed by atoms with van der Waals surface area (Å²) in [4.78, 5) is 8.32. The fraction of sp³-hybridized carbons (Fsp3) is 0.467. The van der Waals surface area contributed by atoms with E-state index in [1.807, 2.05) is 25.5 Å². The van der Waals surface area contributed by atoms with Crippen LogP contribution in [0.5, 0.6) is 0 Å². The van der Waals surface area contributed by atoms with Gasteiger partial charge >= 0.3 is 0 Å². The number of hydrogen-bond donors (Lipinski definition) is 2. The minimum atomic E-state index is -0.378. The zero-order chi connectivity index (χ0) is 14.8. The van der Waals surface area contributed by atoms with Gasteiger partial charge in [0.15, 0.2) is 0 Å². The van der Waals surface area contributed by atoms with E-state index in [1.165, 1.54) is 0 Å². The van der Waals surface area contributed by atoms with Gasteiger partial charge in [0.25, 0.3) is 0 Å². The summed E-state index contributed by atoms with van der Waals surface area (Å²) in [6.07, 6.45) is 8.56. The van der Waals surface area contributed by atoms with Crippen LogP contribution in [0.1, 0.15) is 18.4 Å². The van der Waals surface area contributed by atoms with E-state index in [-0.39, 0.29) is 12.1 Å². The van der Waals surface area contributed by atoms with Crippen LogP contribution in [0.15, 0.2) is 31.0 Å². The van der Waals surface area contributed by atoms with E-state index in [9.17, 15) is 5.11 Å². The predicted octanol–water partition coefficient (Wildman–Crippen LogP) is 2.49. The number of rotatable bonds is 4. The molecular weight excluding hydrogens is 288 g/mol. The molecule has 1 unspecified atom stereocenters. The first-order chi connectivity index (χ1) is 10.1. The summed E-state index contributed by atoms with van der Waals surface area (Å²) in [5.41, 5.74) is 0.983. The molecule has 3 rings (SSSR count). The smallest absolute Gasteiger partial charge is 0.145 e. The molecule has 0 radical (unpaired) electrons. The van der Waals surface area contributed by atoms with E-state index >= 15 is 0 Å². The highest BCUT2D eigenvalue weighted by atomic mass is 35.5. The highest BCUT2D eigenvalue weighted by Crippen LogP contribution is 2.31. The average Bonchev–Trinajstić information content (AvgIpc) is 3.06. The van der Waals surface area contributed by atoms with Crippen LogP contribution in [0.3, 0.4) is 0 Å². The van der Waals surface area contributed by atoms with Gasteiger partial charge in [-0.25, -0.2) is 9.97 Å². The number of nitrogens with one attached hydrogen (secondary N) is 1. The number of aryl methyl sites for hydroxylation is 1. The molecule has 1 fully saturated rings. The molecule has 0 saturated heterocycles. The van der Waals surface area contributed by atoms with Crippen LogP contribution in [0.4, 0.5) is 5.82 Å². The van der Waals surface area contributed by atoms with Gasteiger partial charge in [-0.05, 0) is 37.3 Å². The quantitative estimate of drug-likeness (QED) is 0.911. The van der Waals surface area contributed by atoms with Gasteiger partial charge in [0, 0.05) is 25.1 Å². The van der Waals surface area contributed by atoms with Gasteiger partial charge < -0.3 is 15.0 Å². The van der Waals surface area contributed by atoms with Crippen LogP contribution in [0.2, 0.25) is 5.02 Å². The molecule has 0 aliphatic heterocycles. The molecule has 2 heterocycles. The van der Waals surface area contributed by atoms with Crippen LogP contribution in [0, 0.1) is 12.8 Å². The monoisotopic (exact) mass is 306 g/mol. The van der Waals surface area contributed by atoms with Gasteiger partial charge in [0.1, 0.15) is 5.82 Å².